The van der Waals surface area contributed by atoms with Crippen LogP contribution in [0.25, 0.3) is 0 Å². The second kappa shape index (κ2) is 6.89. The van der Waals surface area contributed by atoms with E-state index in [9.17, 15) is 8.42 Å². The van der Waals surface area contributed by atoms with E-state index in [4.69, 9.17) is 4.74 Å². The minimum absolute atomic E-state index is 0.332. The molecule has 4 rings (SSSR count). The number of piperidine rings is 1. The summed E-state index contributed by atoms with van der Waals surface area (Å²) >= 11 is 0. The molecule has 3 aliphatic heterocycles. The van der Waals surface area contributed by atoms with Crippen LogP contribution in [0.4, 0.5) is 0 Å². The maximum atomic E-state index is 11.6. The largest absolute Gasteiger partial charge is 0.493 e. The maximum Gasteiger partial charge on any atom is 0.152 e. The van der Waals surface area contributed by atoms with E-state index >= 15 is 0 Å². The SMILES string of the molecule is C[C@@H](c1ccc2c(c1)OCC2)N1CCC(N2CCS(=O)(=O)CC2)CC1. The molecule has 0 unspecified atom stereocenters. The lowest BCUT2D eigenvalue weighted by atomic mass is 9.98. The monoisotopic (exact) mass is 364 g/mol. The van der Waals surface area contributed by atoms with Crippen LogP contribution in [0.3, 0.4) is 0 Å². The third-order valence-electron chi connectivity index (χ3n) is 6.14. The van der Waals surface area contributed by atoms with Gasteiger partial charge in [0.05, 0.1) is 18.1 Å². The van der Waals surface area contributed by atoms with Gasteiger partial charge in [0.2, 0.25) is 0 Å². The minimum Gasteiger partial charge on any atom is -0.493 e. The maximum absolute atomic E-state index is 11.6. The van der Waals surface area contributed by atoms with Gasteiger partial charge < -0.3 is 4.74 Å². The molecule has 0 bridgehead atoms. The molecule has 2 saturated heterocycles. The van der Waals surface area contributed by atoms with Crippen molar-refractivity contribution in [1.82, 2.24) is 9.80 Å². The highest BCUT2D eigenvalue weighted by atomic mass is 32.2. The number of hydrogen-bond acceptors (Lipinski definition) is 5. The molecule has 1 atom stereocenters. The van der Waals surface area contributed by atoms with Crippen molar-refractivity contribution >= 4 is 9.84 Å². The van der Waals surface area contributed by atoms with Crippen molar-refractivity contribution < 1.29 is 13.2 Å². The summed E-state index contributed by atoms with van der Waals surface area (Å²) in [5.41, 5.74) is 2.66. The topological polar surface area (TPSA) is 49.9 Å². The average Bonchev–Trinajstić information content (AvgIpc) is 3.09. The van der Waals surface area contributed by atoms with Crippen LogP contribution in [0.2, 0.25) is 0 Å². The van der Waals surface area contributed by atoms with Crippen molar-refractivity contribution in [3.63, 3.8) is 0 Å². The molecular weight excluding hydrogens is 336 g/mol. The number of hydrogen-bond donors (Lipinski definition) is 0. The normalized spacial score (nSPS) is 26.1. The molecule has 0 N–H and O–H groups in total. The highest BCUT2D eigenvalue weighted by Gasteiger charge is 2.31. The molecular formula is C19H28N2O3S. The van der Waals surface area contributed by atoms with Crippen molar-refractivity contribution in [3.8, 4) is 5.75 Å². The standard InChI is InChI=1S/C19H28N2O3S/c1-15(17-3-2-16-6-11-24-19(16)14-17)20-7-4-18(5-8-20)21-9-12-25(22,23)13-10-21/h2-3,14-15,18H,4-13H2,1H3/t15-/m0/s1. The van der Waals surface area contributed by atoms with Crippen LogP contribution >= 0.6 is 0 Å². The summed E-state index contributed by atoms with van der Waals surface area (Å²) in [7, 11) is -2.78. The molecule has 3 aliphatic rings. The third-order valence-corrected chi connectivity index (χ3v) is 7.75. The number of ether oxygens (including phenoxy) is 1. The molecule has 0 saturated carbocycles. The van der Waals surface area contributed by atoms with Gasteiger partial charge in [-0.15, -0.1) is 0 Å². The Bertz CT molecular complexity index is 712. The molecule has 1 aromatic rings. The van der Waals surface area contributed by atoms with Gasteiger partial charge in [-0.05, 0) is 37.0 Å². The van der Waals surface area contributed by atoms with E-state index in [-0.39, 0.29) is 0 Å². The molecule has 25 heavy (non-hydrogen) atoms. The Kier molecular flexibility index (Phi) is 4.77. The average molecular weight is 365 g/mol. The summed E-state index contributed by atoms with van der Waals surface area (Å²) in [6.45, 7) is 6.67. The second-order valence-corrected chi connectivity index (χ2v) is 9.90. The van der Waals surface area contributed by atoms with Gasteiger partial charge in [0.1, 0.15) is 5.75 Å². The summed E-state index contributed by atoms with van der Waals surface area (Å²) in [6.07, 6.45) is 3.29. The summed E-state index contributed by atoms with van der Waals surface area (Å²) in [5.74, 6) is 1.73. The predicted molar refractivity (Wildman–Crippen MR) is 98.9 cm³/mol. The van der Waals surface area contributed by atoms with Gasteiger partial charge in [0.25, 0.3) is 0 Å². The van der Waals surface area contributed by atoms with Gasteiger partial charge in [-0.2, -0.15) is 0 Å². The van der Waals surface area contributed by atoms with Crippen LogP contribution < -0.4 is 4.74 Å². The first-order valence-corrected chi connectivity index (χ1v) is 11.3. The molecule has 0 spiro atoms. The number of fused-ring (bicyclic) bond motifs is 1. The number of sulfone groups is 1. The van der Waals surface area contributed by atoms with E-state index in [2.05, 4.69) is 34.9 Å². The van der Waals surface area contributed by atoms with Crippen LogP contribution in [-0.4, -0.2) is 68.6 Å². The Morgan fingerprint density at radius 2 is 1.84 bits per heavy atom. The zero-order valence-corrected chi connectivity index (χ0v) is 15.8. The van der Waals surface area contributed by atoms with Gasteiger partial charge in [0.15, 0.2) is 9.84 Å². The lowest BCUT2D eigenvalue weighted by molar-refractivity contribution is 0.0927. The fourth-order valence-electron chi connectivity index (χ4n) is 4.38. The van der Waals surface area contributed by atoms with E-state index in [0.29, 0.717) is 36.7 Å². The molecule has 1 aromatic carbocycles. The van der Waals surface area contributed by atoms with Gasteiger partial charge in [-0.3, -0.25) is 9.80 Å². The zero-order chi connectivity index (χ0) is 17.4. The van der Waals surface area contributed by atoms with Crippen molar-refractivity contribution in [2.75, 3.05) is 44.3 Å². The first-order chi connectivity index (χ1) is 12.0. The molecule has 6 heteroatoms. The molecule has 5 nitrogen and oxygen atoms in total. The van der Waals surface area contributed by atoms with Crippen molar-refractivity contribution in [1.29, 1.82) is 0 Å². The Labute approximate surface area is 150 Å². The van der Waals surface area contributed by atoms with Gasteiger partial charge in [-0.1, -0.05) is 12.1 Å². The fourth-order valence-corrected chi connectivity index (χ4v) is 5.61. The Morgan fingerprint density at radius 3 is 2.56 bits per heavy atom. The smallest absolute Gasteiger partial charge is 0.152 e. The van der Waals surface area contributed by atoms with E-state index < -0.39 is 9.84 Å². The Balaban J connectivity index is 1.34. The van der Waals surface area contributed by atoms with Gasteiger partial charge >= 0.3 is 0 Å². The first kappa shape index (κ1) is 17.3. The third kappa shape index (κ3) is 3.71. The second-order valence-electron chi connectivity index (χ2n) is 7.60. The highest BCUT2D eigenvalue weighted by molar-refractivity contribution is 7.91. The Hall–Kier alpha value is -1.11. The van der Waals surface area contributed by atoms with Crippen LogP contribution in [0.1, 0.15) is 36.9 Å². The number of likely N-dealkylation sites (tertiary alicyclic amines) is 1. The number of rotatable bonds is 3. The molecule has 0 radical (unpaired) electrons. The minimum atomic E-state index is -2.78. The Morgan fingerprint density at radius 1 is 1.12 bits per heavy atom. The van der Waals surface area contributed by atoms with Crippen molar-refractivity contribution in [3.05, 3.63) is 29.3 Å². The van der Waals surface area contributed by atoms with Gasteiger partial charge in [-0.25, -0.2) is 8.42 Å². The predicted octanol–water partition coefficient (Wildman–Crippen LogP) is 1.88. The van der Waals surface area contributed by atoms with E-state index in [1.165, 1.54) is 11.1 Å². The first-order valence-electron chi connectivity index (χ1n) is 9.46. The summed E-state index contributed by atoms with van der Waals surface area (Å²) < 4.78 is 28.9. The van der Waals surface area contributed by atoms with Crippen molar-refractivity contribution in [2.45, 2.75) is 38.3 Å². The van der Waals surface area contributed by atoms with Crippen LogP contribution in [0.15, 0.2) is 18.2 Å². The number of nitrogens with zero attached hydrogens (tertiary/aromatic N) is 2. The molecule has 0 aromatic heterocycles. The molecule has 3 heterocycles. The van der Waals surface area contributed by atoms with E-state index in [1.807, 2.05) is 0 Å². The van der Waals surface area contributed by atoms with Crippen LogP contribution in [-0.2, 0) is 16.3 Å². The summed E-state index contributed by atoms with van der Waals surface area (Å²) in [4.78, 5) is 4.94. The fraction of sp³-hybridized carbons (Fsp3) is 0.684. The van der Waals surface area contributed by atoms with Gasteiger partial charge in [0, 0.05) is 44.7 Å². The lowest BCUT2D eigenvalue weighted by Gasteiger charge is -2.42. The molecule has 2 fully saturated rings. The van der Waals surface area contributed by atoms with Crippen LogP contribution in [0.5, 0.6) is 5.75 Å². The lowest BCUT2D eigenvalue weighted by Crippen LogP contribution is -2.50. The number of benzene rings is 1. The molecule has 0 amide bonds. The zero-order valence-electron chi connectivity index (χ0n) is 15.0. The molecule has 0 aliphatic carbocycles. The van der Waals surface area contributed by atoms with E-state index in [0.717, 1.165) is 44.7 Å². The van der Waals surface area contributed by atoms with E-state index in [1.54, 1.807) is 0 Å². The van der Waals surface area contributed by atoms with Crippen LogP contribution in [0, 0.1) is 0 Å². The summed E-state index contributed by atoms with van der Waals surface area (Å²) in [5, 5.41) is 0. The van der Waals surface area contributed by atoms with Crippen molar-refractivity contribution in [2.24, 2.45) is 0 Å². The molecule has 138 valence electrons. The highest BCUT2D eigenvalue weighted by Crippen LogP contribution is 2.32. The summed E-state index contributed by atoms with van der Waals surface area (Å²) in [6, 6.07) is 7.63. The quantitative estimate of drug-likeness (QED) is 0.820.